The third-order valence-corrected chi connectivity index (χ3v) is 3.25. The maximum Gasteiger partial charge on any atom is 0.0672 e. The molecule has 1 fully saturated rings. The maximum absolute atomic E-state index is 9.03. The van der Waals surface area contributed by atoms with Crippen molar-refractivity contribution in [3.63, 3.8) is 0 Å². The van der Waals surface area contributed by atoms with Gasteiger partial charge in [0.15, 0.2) is 0 Å². The van der Waals surface area contributed by atoms with Crippen LogP contribution in [0.1, 0.15) is 33.1 Å². The fourth-order valence-electron chi connectivity index (χ4n) is 2.42. The molecular weight excluding hydrogens is 186 g/mol. The lowest BCUT2D eigenvalue weighted by atomic mass is 10.0. The highest BCUT2D eigenvalue weighted by Crippen LogP contribution is 2.29. The van der Waals surface area contributed by atoms with Crippen LogP contribution in [-0.2, 0) is 0 Å². The Morgan fingerprint density at radius 2 is 2.13 bits per heavy atom. The van der Waals surface area contributed by atoms with Gasteiger partial charge in [0, 0.05) is 12.6 Å². The summed E-state index contributed by atoms with van der Waals surface area (Å²) in [7, 11) is 0. The van der Waals surface area contributed by atoms with Crippen LogP contribution in [0.25, 0.3) is 0 Å². The fourth-order valence-corrected chi connectivity index (χ4v) is 2.42. The molecule has 0 N–H and O–H groups in total. The highest BCUT2D eigenvalue weighted by atomic mass is 15.2. The van der Waals surface area contributed by atoms with Crippen LogP contribution in [0.4, 0.5) is 0 Å². The highest BCUT2D eigenvalue weighted by molar-refractivity contribution is 4.98. The first-order valence-corrected chi connectivity index (χ1v) is 5.76. The van der Waals surface area contributed by atoms with E-state index in [-0.39, 0.29) is 11.8 Å². The van der Waals surface area contributed by atoms with E-state index in [1.165, 1.54) is 0 Å². The Morgan fingerprint density at radius 3 is 2.67 bits per heavy atom. The first-order valence-electron chi connectivity index (χ1n) is 5.76. The second kappa shape index (κ2) is 5.73. The molecule has 15 heavy (non-hydrogen) atoms. The molecule has 0 bridgehead atoms. The maximum atomic E-state index is 9.03. The van der Waals surface area contributed by atoms with E-state index in [2.05, 4.69) is 24.0 Å². The molecule has 1 aliphatic rings. The predicted molar refractivity (Wildman–Crippen MR) is 58.8 cm³/mol. The molecule has 0 spiro atoms. The van der Waals surface area contributed by atoms with Crippen molar-refractivity contribution >= 4 is 0 Å². The molecule has 3 nitrogen and oxygen atoms in total. The lowest BCUT2D eigenvalue weighted by molar-refractivity contribution is 0.175. The zero-order valence-electron chi connectivity index (χ0n) is 9.61. The summed E-state index contributed by atoms with van der Waals surface area (Å²) in [6.07, 6.45) is 3.29. The first-order chi connectivity index (χ1) is 7.22. The number of nitriles is 2. The monoisotopic (exact) mass is 205 g/mol. The van der Waals surface area contributed by atoms with Crippen molar-refractivity contribution in [2.75, 3.05) is 13.1 Å². The summed E-state index contributed by atoms with van der Waals surface area (Å²) in [6, 6.07) is 5.04. The minimum absolute atomic E-state index is 0.0601. The Balaban J connectivity index is 2.59. The number of hydrogen-bond donors (Lipinski definition) is 0. The van der Waals surface area contributed by atoms with Crippen LogP contribution in [-0.4, -0.2) is 24.0 Å². The van der Waals surface area contributed by atoms with E-state index in [9.17, 15) is 0 Å². The lowest BCUT2D eigenvalue weighted by Crippen LogP contribution is -2.39. The van der Waals surface area contributed by atoms with Gasteiger partial charge in [0.05, 0.1) is 24.0 Å². The van der Waals surface area contributed by atoms with Crippen molar-refractivity contribution in [1.29, 1.82) is 10.5 Å². The molecule has 0 aliphatic heterocycles. The molecule has 1 rings (SSSR count). The zero-order chi connectivity index (χ0) is 11.3. The van der Waals surface area contributed by atoms with E-state index in [4.69, 9.17) is 10.5 Å². The third-order valence-electron chi connectivity index (χ3n) is 3.25. The van der Waals surface area contributed by atoms with Crippen LogP contribution in [0.3, 0.4) is 0 Å². The molecule has 0 radical (unpaired) electrons. The standard InChI is InChI=1S/C12H19N3/c1-3-15(9-10(2)7-13)12-6-4-5-11(12)8-14/h10-12H,3-6,9H2,1-2H3. The molecule has 0 aromatic rings. The summed E-state index contributed by atoms with van der Waals surface area (Å²) >= 11 is 0. The lowest BCUT2D eigenvalue weighted by Gasteiger charge is -2.30. The smallest absolute Gasteiger partial charge is 0.0672 e. The summed E-state index contributed by atoms with van der Waals surface area (Å²) in [6.45, 7) is 5.79. The molecule has 3 unspecified atom stereocenters. The van der Waals surface area contributed by atoms with Gasteiger partial charge < -0.3 is 0 Å². The average Bonchev–Trinajstić information content (AvgIpc) is 2.73. The van der Waals surface area contributed by atoms with E-state index < -0.39 is 0 Å². The molecule has 3 heteroatoms. The quantitative estimate of drug-likeness (QED) is 0.706. The van der Waals surface area contributed by atoms with E-state index in [1.807, 2.05) is 6.92 Å². The Morgan fingerprint density at radius 1 is 1.40 bits per heavy atom. The van der Waals surface area contributed by atoms with E-state index in [0.717, 1.165) is 32.4 Å². The Hall–Kier alpha value is -1.06. The Labute approximate surface area is 92.3 Å². The van der Waals surface area contributed by atoms with Crippen molar-refractivity contribution in [2.45, 2.75) is 39.2 Å². The predicted octanol–water partition coefficient (Wildman–Crippen LogP) is 2.16. The zero-order valence-corrected chi connectivity index (χ0v) is 9.61. The van der Waals surface area contributed by atoms with Crippen molar-refractivity contribution in [2.24, 2.45) is 11.8 Å². The van der Waals surface area contributed by atoms with Crippen LogP contribution >= 0.6 is 0 Å². The van der Waals surface area contributed by atoms with Crippen molar-refractivity contribution in [1.82, 2.24) is 4.90 Å². The van der Waals surface area contributed by atoms with Crippen molar-refractivity contribution in [3.8, 4) is 12.1 Å². The minimum atomic E-state index is 0.0601. The van der Waals surface area contributed by atoms with Crippen LogP contribution < -0.4 is 0 Å². The van der Waals surface area contributed by atoms with Gasteiger partial charge in [-0.05, 0) is 26.3 Å². The van der Waals surface area contributed by atoms with Crippen LogP contribution in [0.2, 0.25) is 0 Å². The van der Waals surface area contributed by atoms with E-state index in [0.29, 0.717) is 6.04 Å². The number of hydrogen-bond acceptors (Lipinski definition) is 3. The molecule has 82 valence electrons. The average molecular weight is 205 g/mol. The largest absolute Gasteiger partial charge is 0.298 e. The number of nitrogens with zero attached hydrogens (tertiary/aromatic N) is 3. The molecule has 1 saturated carbocycles. The molecule has 1 aliphatic carbocycles. The van der Waals surface area contributed by atoms with Crippen molar-refractivity contribution < 1.29 is 0 Å². The van der Waals surface area contributed by atoms with Gasteiger partial charge in [-0.3, -0.25) is 4.90 Å². The Bertz CT molecular complexity index is 274. The molecular formula is C12H19N3. The van der Waals surface area contributed by atoms with Crippen molar-refractivity contribution in [3.05, 3.63) is 0 Å². The van der Waals surface area contributed by atoms with Crippen LogP contribution in [0.5, 0.6) is 0 Å². The van der Waals surface area contributed by atoms with Gasteiger partial charge in [-0.15, -0.1) is 0 Å². The van der Waals surface area contributed by atoms with Gasteiger partial charge in [0.25, 0.3) is 0 Å². The molecule has 0 amide bonds. The highest BCUT2D eigenvalue weighted by Gasteiger charge is 2.31. The van der Waals surface area contributed by atoms with Gasteiger partial charge in [0.2, 0.25) is 0 Å². The summed E-state index contributed by atoms with van der Waals surface area (Å²) in [5.74, 6) is 0.237. The van der Waals surface area contributed by atoms with Gasteiger partial charge in [-0.25, -0.2) is 0 Å². The molecule has 0 aromatic heterocycles. The molecule has 3 atom stereocenters. The van der Waals surface area contributed by atoms with Gasteiger partial charge in [0.1, 0.15) is 0 Å². The summed E-state index contributed by atoms with van der Waals surface area (Å²) in [5, 5.41) is 17.8. The number of rotatable bonds is 4. The molecule has 0 aromatic carbocycles. The topological polar surface area (TPSA) is 50.8 Å². The van der Waals surface area contributed by atoms with Crippen LogP contribution in [0, 0.1) is 34.5 Å². The summed E-state index contributed by atoms with van der Waals surface area (Å²) in [4.78, 5) is 2.30. The normalized spacial score (nSPS) is 27.3. The summed E-state index contributed by atoms with van der Waals surface area (Å²) < 4.78 is 0. The first kappa shape index (κ1) is 12.0. The summed E-state index contributed by atoms with van der Waals surface area (Å²) in [5.41, 5.74) is 0. The van der Waals surface area contributed by atoms with E-state index >= 15 is 0 Å². The van der Waals surface area contributed by atoms with Crippen LogP contribution in [0.15, 0.2) is 0 Å². The third kappa shape index (κ3) is 2.94. The fraction of sp³-hybridized carbons (Fsp3) is 0.833. The second-order valence-corrected chi connectivity index (χ2v) is 4.35. The SMILES string of the molecule is CCN(CC(C)C#N)C1CCCC1C#N. The molecule has 0 heterocycles. The minimum Gasteiger partial charge on any atom is -0.298 e. The van der Waals surface area contributed by atoms with Gasteiger partial charge in [-0.2, -0.15) is 10.5 Å². The van der Waals surface area contributed by atoms with Gasteiger partial charge >= 0.3 is 0 Å². The Kier molecular flexibility index (Phi) is 4.59. The van der Waals surface area contributed by atoms with Gasteiger partial charge in [-0.1, -0.05) is 13.3 Å². The second-order valence-electron chi connectivity index (χ2n) is 4.35. The molecule has 0 saturated heterocycles. The van der Waals surface area contributed by atoms with E-state index in [1.54, 1.807) is 0 Å².